The molecule has 2 fully saturated rings. The standard InChI is InChI=1S/C38H50N4O3/c1-26-14-18-39-24-32(26)25-42(33-10-12-35(45-5)13-11-33)34-16-20-41(21-17-34)29(4)15-19-40-38(44)36-27(2)22-31(23-28(36)3)37(43)30-8-6-7-9-30/h10-14,18,22-24,29-30,34H,6-9,15-17,19-21,25H2,1-5H3,(H,40,44)/t29-/m1/s1. The average Bonchev–Trinajstić information content (AvgIpc) is 3.59. The summed E-state index contributed by atoms with van der Waals surface area (Å²) in [6.45, 7) is 11.8. The van der Waals surface area contributed by atoms with Crippen LogP contribution in [0.4, 0.5) is 5.69 Å². The number of Topliss-reactive ketones (excluding diaryl/α,β-unsaturated/α-hetero) is 1. The summed E-state index contributed by atoms with van der Waals surface area (Å²) in [4.78, 5) is 35.7. The molecule has 7 nitrogen and oxygen atoms in total. The Kier molecular flexibility index (Phi) is 10.9. The Bertz CT molecular complexity index is 1430. The number of pyridine rings is 1. The van der Waals surface area contributed by atoms with Crippen molar-refractivity contribution in [2.45, 2.75) is 91.3 Å². The van der Waals surface area contributed by atoms with E-state index in [1.54, 1.807) is 7.11 Å². The molecule has 1 aromatic heterocycles. The Morgan fingerprint density at radius 1 is 0.978 bits per heavy atom. The number of hydrogen-bond acceptors (Lipinski definition) is 6. The van der Waals surface area contributed by atoms with Gasteiger partial charge in [0, 0.05) is 73.4 Å². The van der Waals surface area contributed by atoms with Crippen molar-refractivity contribution in [3.05, 3.63) is 88.2 Å². The summed E-state index contributed by atoms with van der Waals surface area (Å²) >= 11 is 0. The highest BCUT2D eigenvalue weighted by Gasteiger charge is 2.28. The first-order valence-electron chi connectivity index (χ1n) is 16.7. The number of carbonyl (C=O) groups excluding carboxylic acids is 2. The minimum absolute atomic E-state index is 0.0448. The average molecular weight is 611 g/mol. The van der Waals surface area contributed by atoms with Gasteiger partial charge in [-0.2, -0.15) is 0 Å². The van der Waals surface area contributed by atoms with Crippen molar-refractivity contribution >= 4 is 17.4 Å². The molecular weight excluding hydrogens is 560 g/mol. The molecule has 2 aliphatic rings. The second-order valence-electron chi connectivity index (χ2n) is 13.1. The maximum Gasteiger partial charge on any atom is 0.251 e. The number of aromatic nitrogens is 1. The van der Waals surface area contributed by atoms with Crippen LogP contribution in [0.1, 0.15) is 94.8 Å². The fourth-order valence-electron chi connectivity index (χ4n) is 7.24. The lowest BCUT2D eigenvalue weighted by Gasteiger charge is -2.42. The van der Waals surface area contributed by atoms with E-state index in [1.165, 1.54) is 16.8 Å². The van der Waals surface area contributed by atoms with Gasteiger partial charge < -0.3 is 19.9 Å². The van der Waals surface area contributed by atoms with Crippen LogP contribution in [0.15, 0.2) is 54.9 Å². The van der Waals surface area contributed by atoms with Crippen LogP contribution in [-0.2, 0) is 6.54 Å². The van der Waals surface area contributed by atoms with E-state index in [-0.39, 0.29) is 17.6 Å². The number of nitrogens with one attached hydrogen (secondary N) is 1. The second kappa shape index (κ2) is 15.0. The zero-order valence-corrected chi connectivity index (χ0v) is 27.8. The molecular formula is C38H50N4O3. The van der Waals surface area contributed by atoms with Gasteiger partial charge in [-0.1, -0.05) is 12.8 Å². The van der Waals surface area contributed by atoms with Crippen molar-refractivity contribution in [3.8, 4) is 5.75 Å². The fraction of sp³-hybridized carbons (Fsp3) is 0.500. The Balaban J connectivity index is 1.15. The fourth-order valence-corrected chi connectivity index (χ4v) is 7.24. The SMILES string of the molecule is COc1ccc(N(Cc2cnccc2C)C2CCN([C@H](C)CCNC(=O)c3c(C)cc(C(=O)C4CCCC4)cc3C)CC2)cc1. The van der Waals surface area contributed by atoms with Crippen LogP contribution in [0.3, 0.4) is 0 Å². The van der Waals surface area contributed by atoms with Gasteiger partial charge in [0.2, 0.25) is 0 Å². The molecule has 0 spiro atoms. The molecule has 7 heteroatoms. The van der Waals surface area contributed by atoms with Gasteiger partial charge in [0.15, 0.2) is 5.78 Å². The number of benzene rings is 2. The van der Waals surface area contributed by atoms with Crippen molar-refractivity contribution in [2.24, 2.45) is 5.92 Å². The molecule has 1 N–H and O–H groups in total. The first-order valence-corrected chi connectivity index (χ1v) is 16.7. The van der Waals surface area contributed by atoms with Crippen LogP contribution in [-0.4, -0.2) is 60.4 Å². The van der Waals surface area contributed by atoms with Gasteiger partial charge in [0.25, 0.3) is 5.91 Å². The molecule has 3 aromatic rings. The number of nitrogens with zero attached hydrogens (tertiary/aromatic N) is 3. The third-order valence-corrected chi connectivity index (χ3v) is 10.1. The van der Waals surface area contributed by atoms with E-state index in [0.29, 0.717) is 24.2 Å². The Morgan fingerprint density at radius 2 is 1.64 bits per heavy atom. The molecule has 5 rings (SSSR count). The largest absolute Gasteiger partial charge is 0.497 e. The third kappa shape index (κ3) is 7.93. The van der Waals surface area contributed by atoms with Gasteiger partial charge in [-0.15, -0.1) is 0 Å². The lowest BCUT2D eigenvalue weighted by atomic mass is 9.91. The third-order valence-electron chi connectivity index (χ3n) is 10.1. The lowest BCUT2D eigenvalue weighted by molar-refractivity contribution is 0.0917. The molecule has 1 amide bonds. The Morgan fingerprint density at radius 3 is 2.27 bits per heavy atom. The topological polar surface area (TPSA) is 74.8 Å². The number of amides is 1. The molecule has 240 valence electrons. The minimum Gasteiger partial charge on any atom is -0.497 e. The van der Waals surface area contributed by atoms with Crippen LogP contribution in [0, 0.1) is 26.7 Å². The number of rotatable bonds is 12. The maximum absolute atomic E-state index is 13.2. The van der Waals surface area contributed by atoms with Gasteiger partial charge in [0.1, 0.15) is 5.75 Å². The van der Waals surface area contributed by atoms with E-state index in [2.05, 4.69) is 52.1 Å². The van der Waals surface area contributed by atoms with Crippen molar-refractivity contribution < 1.29 is 14.3 Å². The summed E-state index contributed by atoms with van der Waals surface area (Å²) in [5.74, 6) is 1.20. The molecule has 1 aliphatic heterocycles. The van der Waals surface area contributed by atoms with Gasteiger partial charge in [-0.3, -0.25) is 14.6 Å². The number of hydrogen-bond donors (Lipinski definition) is 1. The number of carbonyl (C=O) groups is 2. The molecule has 1 atom stereocenters. The summed E-state index contributed by atoms with van der Waals surface area (Å²) in [5.41, 5.74) is 6.94. The van der Waals surface area contributed by atoms with E-state index in [1.807, 2.05) is 50.5 Å². The van der Waals surface area contributed by atoms with Gasteiger partial charge in [0.05, 0.1) is 7.11 Å². The number of methoxy groups -OCH3 is 1. The Hall–Kier alpha value is -3.71. The number of ketones is 1. The smallest absolute Gasteiger partial charge is 0.251 e. The number of anilines is 1. The number of aryl methyl sites for hydroxylation is 3. The maximum atomic E-state index is 13.2. The van der Waals surface area contributed by atoms with Crippen molar-refractivity contribution in [2.75, 3.05) is 31.6 Å². The van der Waals surface area contributed by atoms with Gasteiger partial charge >= 0.3 is 0 Å². The zero-order chi connectivity index (χ0) is 31.9. The summed E-state index contributed by atoms with van der Waals surface area (Å²) in [5, 5.41) is 3.17. The van der Waals surface area contributed by atoms with E-state index in [9.17, 15) is 9.59 Å². The highest BCUT2D eigenvalue weighted by atomic mass is 16.5. The van der Waals surface area contributed by atoms with Crippen LogP contribution in [0.25, 0.3) is 0 Å². The highest BCUT2D eigenvalue weighted by Crippen LogP contribution is 2.31. The van der Waals surface area contributed by atoms with Gasteiger partial charge in [-0.05, 0) is 125 Å². The predicted octanol–water partition coefficient (Wildman–Crippen LogP) is 7.07. The first kappa shape index (κ1) is 32.7. The van der Waals surface area contributed by atoms with Crippen LogP contribution in [0.2, 0.25) is 0 Å². The first-order chi connectivity index (χ1) is 21.7. The molecule has 0 bridgehead atoms. The normalized spacial score (nSPS) is 16.8. The van der Waals surface area contributed by atoms with E-state index in [4.69, 9.17) is 4.74 Å². The summed E-state index contributed by atoms with van der Waals surface area (Å²) < 4.78 is 5.41. The van der Waals surface area contributed by atoms with Crippen LogP contribution < -0.4 is 15.0 Å². The monoisotopic (exact) mass is 610 g/mol. The molecule has 2 aromatic carbocycles. The molecule has 1 aliphatic carbocycles. The van der Waals surface area contributed by atoms with E-state index >= 15 is 0 Å². The molecule has 1 saturated heterocycles. The van der Waals surface area contributed by atoms with Crippen molar-refractivity contribution in [1.82, 2.24) is 15.2 Å². The van der Waals surface area contributed by atoms with Crippen LogP contribution in [0.5, 0.6) is 5.75 Å². The van der Waals surface area contributed by atoms with Crippen molar-refractivity contribution in [3.63, 3.8) is 0 Å². The number of piperidine rings is 1. The van der Waals surface area contributed by atoms with E-state index in [0.717, 1.165) is 87.0 Å². The molecule has 0 unspecified atom stereocenters. The molecule has 2 heterocycles. The summed E-state index contributed by atoms with van der Waals surface area (Å²) in [6, 6.07) is 15.1. The zero-order valence-electron chi connectivity index (χ0n) is 27.8. The lowest BCUT2D eigenvalue weighted by Crippen LogP contribution is -2.48. The quantitative estimate of drug-likeness (QED) is 0.221. The minimum atomic E-state index is -0.0448. The van der Waals surface area contributed by atoms with Gasteiger partial charge in [-0.25, -0.2) is 0 Å². The second-order valence-corrected chi connectivity index (χ2v) is 13.1. The van der Waals surface area contributed by atoms with Crippen molar-refractivity contribution in [1.29, 1.82) is 0 Å². The predicted molar refractivity (Wildman–Crippen MR) is 181 cm³/mol. The molecule has 45 heavy (non-hydrogen) atoms. The number of ether oxygens (including phenoxy) is 1. The van der Waals surface area contributed by atoms with E-state index < -0.39 is 0 Å². The van der Waals surface area contributed by atoms with Crippen LogP contribution >= 0.6 is 0 Å². The summed E-state index contributed by atoms with van der Waals surface area (Å²) in [6.07, 6.45) is 11.1. The molecule has 1 saturated carbocycles. The Labute approximate surface area is 269 Å². The molecule has 0 radical (unpaired) electrons. The summed E-state index contributed by atoms with van der Waals surface area (Å²) in [7, 11) is 1.70. The highest BCUT2D eigenvalue weighted by molar-refractivity contribution is 6.02. The number of likely N-dealkylation sites (tertiary alicyclic amines) is 1.